The predicted octanol–water partition coefficient (Wildman–Crippen LogP) is 1.99. The first kappa shape index (κ1) is 11.6. The summed E-state index contributed by atoms with van der Waals surface area (Å²) in [7, 11) is 0. The summed E-state index contributed by atoms with van der Waals surface area (Å²) in [4.78, 5) is 11.4. The molecule has 0 atom stereocenters. The van der Waals surface area contributed by atoms with Gasteiger partial charge in [0.2, 0.25) is 0 Å². The fraction of sp³-hybridized carbons (Fsp3) is 0.900. The third-order valence-electron chi connectivity index (χ3n) is 2.24. The minimum atomic E-state index is 0.295. The van der Waals surface area contributed by atoms with Crippen LogP contribution in [0.2, 0.25) is 0 Å². The van der Waals surface area contributed by atoms with E-state index >= 15 is 0 Å². The average molecular weight is 171 g/mol. The molecule has 0 unspecified atom stereocenters. The summed E-state index contributed by atoms with van der Waals surface area (Å²) in [6.07, 6.45) is 2.67. The molecule has 0 saturated heterocycles. The maximum absolute atomic E-state index is 11.4. The van der Waals surface area contributed by atoms with Crippen LogP contribution in [0.3, 0.4) is 0 Å². The molecule has 1 N–H and O–H groups in total. The van der Waals surface area contributed by atoms with Crippen LogP contribution < -0.4 is 5.32 Å². The minimum absolute atomic E-state index is 0.295. The predicted molar refractivity (Wildman–Crippen MR) is 52.2 cm³/mol. The molecule has 0 amide bonds. The van der Waals surface area contributed by atoms with Crippen LogP contribution in [0.1, 0.15) is 40.0 Å². The lowest BCUT2D eigenvalue weighted by Gasteiger charge is -2.10. The van der Waals surface area contributed by atoms with Crippen molar-refractivity contribution in [3.63, 3.8) is 0 Å². The standard InChI is InChI=1S/C10H21NO/c1-4-9(5-2)10(12)7-8-11-6-3/h9,11H,4-8H2,1-3H3. The van der Waals surface area contributed by atoms with Crippen molar-refractivity contribution in [2.45, 2.75) is 40.0 Å². The highest BCUT2D eigenvalue weighted by Crippen LogP contribution is 2.10. The molecule has 12 heavy (non-hydrogen) atoms. The van der Waals surface area contributed by atoms with Crippen LogP contribution in [-0.4, -0.2) is 18.9 Å². The Morgan fingerprint density at radius 3 is 2.25 bits per heavy atom. The molecule has 0 radical (unpaired) electrons. The second-order valence-electron chi connectivity index (χ2n) is 3.08. The second kappa shape index (κ2) is 7.29. The molecule has 0 saturated carbocycles. The molecule has 0 aromatic rings. The summed E-state index contributed by atoms with van der Waals surface area (Å²) >= 11 is 0. The minimum Gasteiger partial charge on any atom is -0.317 e. The molecular formula is C10H21NO. The van der Waals surface area contributed by atoms with Crippen LogP contribution in [0.25, 0.3) is 0 Å². The van der Waals surface area contributed by atoms with Gasteiger partial charge in [-0.25, -0.2) is 0 Å². The smallest absolute Gasteiger partial charge is 0.137 e. The van der Waals surface area contributed by atoms with Crippen LogP contribution in [-0.2, 0) is 4.79 Å². The monoisotopic (exact) mass is 171 g/mol. The summed E-state index contributed by atoms with van der Waals surface area (Å²) in [6, 6.07) is 0. The van der Waals surface area contributed by atoms with Gasteiger partial charge < -0.3 is 5.32 Å². The number of ketones is 1. The third kappa shape index (κ3) is 4.50. The highest BCUT2D eigenvalue weighted by molar-refractivity contribution is 5.81. The molecule has 0 aliphatic carbocycles. The lowest BCUT2D eigenvalue weighted by atomic mass is 9.96. The van der Waals surface area contributed by atoms with E-state index in [0.717, 1.165) is 25.9 Å². The van der Waals surface area contributed by atoms with E-state index in [9.17, 15) is 4.79 Å². The van der Waals surface area contributed by atoms with E-state index < -0.39 is 0 Å². The summed E-state index contributed by atoms with van der Waals surface area (Å²) in [6.45, 7) is 8.02. The normalized spacial score (nSPS) is 10.7. The number of carbonyl (C=O) groups is 1. The Kier molecular flexibility index (Phi) is 7.06. The molecule has 2 heteroatoms. The number of nitrogens with one attached hydrogen (secondary N) is 1. The van der Waals surface area contributed by atoms with Gasteiger partial charge in [0.05, 0.1) is 0 Å². The van der Waals surface area contributed by atoms with Gasteiger partial charge in [-0.3, -0.25) is 4.79 Å². The van der Waals surface area contributed by atoms with Gasteiger partial charge in [0.15, 0.2) is 0 Å². The molecule has 0 aromatic heterocycles. The van der Waals surface area contributed by atoms with Crippen molar-refractivity contribution in [2.75, 3.05) is 13.1 Å². The summed E-state index contributed by atoms with van der Waals surface area (Å²) in [5.74, 6) is 0.713. The zero-order valence-electron chi connectivity index (χ0n) is 8.52. The Balaban J connectivity index is 3.54. The van der Waals surface area contributed by atoms with Crippen LogP contribution in [0, 0.1) is 5.92 Å². The van der Waals surface area contributed by atoms with Gasteiger partial charge in [0.1, 0.15) is 5.78 Å². The van der Waals surface area contributed by atoms with E-state index in [-0.39, 0.29) is 0 Å². The van der Waals surface area contributed by atoms with Crippen molar-refractivity contribution in [1.82, 2.24) is 5.32 Å². The van der Waals surface area contributed by atoms with Crippen molar-refractivity contribution in [3.05, 3.63) is 0 Å². The van der Waals surface area contributed by atoms with Crippen molar-refractivity contribution in [2.24, 2.45) is 5.92 Å². The van der Waals surface area contributed by atoms with Gasteiger partial charge in [-0.1, -0.05) is 20.8 Å². The number of Topliss-reactive ketones (excluding diaryl/α,β-unsaturated/α-hetero) is 1. The second-order valence-corrected chi connectivity index (χ2v) is 3.08. The third-order valence-corrected chi connectivity index (χ3v) is 2.24. The number of rotatable bonds is 7. The van der Waals surface area contributed by atoms with Gasteiger partial charge in [0, 0.05) is 18.9 Å². The van der Waals surface area contributed by atoms with Gasteiger partial charge >= 0.3 is 0 Å². The lowest BCUT2D eigenvalue weighted by molar-refractivity contribution is -0.122. The Labute approximate surface area is 75.7 Å². The maximum Gasteiger partial charge on any atom is 0.137 e. The Hall–Kier alpha value is -0.370. The van der Waals surface area contributed by atoms with E-state index in [1.54, 1.807) is 0 Å². The van der Waals surface area contributed by atoms with E-state index in [4.69, 9.17) is 0 Å². The molecule has 0 aliphatic rings. The maximum atomic E-state index is 11.4. The largest absolute Gasteiger partial charge is 0.317 e. The number of carbonyl (C=O) groups excluding carboxylic acids is 1. The topological polar surface area (TPSA) is 29.1 Å². The molecule has 0 heterocycles. The molecular weight excluding hydrogens is 150 g/mol. The van der Waals surface area contributed by atoms with Gasteiger partial charge in [-0.2, -0.15) is 0 Å². The van der Waals surface area contributed by atoms with Crippen molar-refractivity contribution < 1.29 is 4.79 Å². The first-order valence-corrected chi connectivity index (χ1v) is 4.99. The number of hydrogen-bond donors (Lipinski definition) is 1. The van der Waals surface area contributed by atoms with Crippen LogP contribution in [0.4, 0.5) is 0 Å². The van der Waals surface area contributed by atoms with E-state index in [1.807, 2.05) is 0 Å². The zero-order valence-corrected chi connectivity index (χ0v) is 8.52. The highest BCUT2D eigenvalue weighted by Gasteiger charge is 2.12. The fourth-order valence-electron chi connectivity index (χ4n) is 1.34. The van der Waals surface area contributed by atoms with Crippen molar-refractivity contribution in [1.29, 1.82) is 0 Å². The average Bonchev–Trinajstić information content (AvgIpc) is 2.07. The SMILES string of the molecule is CCNCCC(=O)C(CC)CC. The number of hydrogen-bond acceptors (Lipinski definition) is 2. The van der Waals surface area contributed by atoms with Gasteiger partial charge in [-0.05, 0) is 19.4 Å². The summed E-state index contributed by atoms with van der Waals surface area (Å²) < 4.78 is 0. The molecule has 0 aromatic carbocycles. The Morgan fingerprint density at radius 2 is 1.83 bits per heavy atom. The molecule has 0 spiro atoms. The molecule has 0 rings (SSSR count). The molecule has 0 bridgehead atoms. The molecule has 72 valence electrons. The van der Waals surface area contributed by atoms with Crippen LogP contribution in [0.5, 0.6) is 0 Å². The lowest BCUT2D eigenvalue weighted by Crippen LogP contribution is -2.21. The molecule has 0 aliphatic heterocycles. The first-order chi connectivity index (χ1) is 5.76. The van der Waals surface area contributed by atoms with Crippen molar-refractivity contribution >= 4 is 5.78 Å². The Bertz CT molecular complexity index is 119. The zero-order chi connectivity index (χ0) is 9.40. The van der Waals surface area contributed by atoms with Gasteiger partial charge in [0.25, 0.3) is 0 Å². The van der Waals surface area contributed by atoms with E-state index in [0.29, 0.717) is 18.1 Å². The van der Waals surface area contributed by atoms with E-state index in [1.165, 1.54) is 0 Å². The van der Waals surface area contributed by atoms with E-state index in [2.05, 4.69) is 26.1 Å². The first-order valence-electron chi connectivity index (χ1n) is 4.99. The van der Waals surface area contributed by atoms with Crippen LogP contribution in [0.15, 0.2) is 0 Å². The Morgan fingerprint density at radius 1 is 1.25 bits per heavy atom. The van der Waals surface area contributed by atoms with Crippen LogP contribution >= 0.6 is 0 Å². The summed E-state index contributed by atoms with van der Waals surface area (Å²) in [5, 5.41) is 3.16. The molecule has 2 nitrogen and oxygen atoms in total. The summed E-state index contributed by atoms with van der Waals surface area (Å²) in [5.41, 5.74) is 0. The quantitative estimate of drug-likeness (QED) is 0.593. The fourth-order valence-corrected chi connectivity index (χ4v) is 1.34. The molecule has 0 fully saturated rings. The van der Waals surface area contributed by atoms with Crippen molar-refractivity contribution in [3.8, 4) is 0 Å². The highest BCUT2D eigenvalue weighted by atomic mass is 16.1. The van der Waals surface area contributed by atoms with Gasteiger partial charge in [-0.15, -0.1) is 0 Å².